The van der Waals surface area contributed by atoms with E-state index in [2.05, 4.69) is 34.6 Å². The van der Waals surface area contributed by atoms with Crippen molar-refractivity contribution < 1.29 is 14.3 Å². The van der Waals surface area contributed by atoms with E-state index < -0.39 is 5.60 Å². The van der Waals surface area contributed by atoms with E-state index in [4.69, 9.17) is 4.74 Å². The standard InChI is InChI=1S/C21H32O3/c1-11-12(2)21(8)13(3)20(11,7)17-14(9-15(22)18(17)21)10-16(23)24-19(4,5)6/h13-14,17-18H,9-10H2,1-8H3/t13-,14-,17-,18+,20-,21-/m0/s1. The molecule has 0 N–H and O–H groups in total. The maximum absolute atomic E-state index is 12.9. The summed E-state index contributed by atoms with van der Waals surface area (Å²) < 4.78 is 5.53. The monoisotopic (exact) mass is 332 g/mol. The number of Topliss-reactive ketones (excluding diaryl/α,β-unsaturated/α-hetero) is 1. The van der Waals surface area contributed by atoms with E-state index in [1.54, 1.807) is 0 Å². The summed E-state index contributed by atoms with van der Waals surface area (Å²) in [6.07, 6.45) is 0.905. The lowest BCUT2D eigenvalue weighted by atomic mass is 9.64. The van der Waals surface area contributed by atoms with Gasteiger partial charge in [-0.3, -0.25) is 9.59 Å². The van der Waals surface area contributed by atoms with Gasteiger partial charge in [-0.2, -0.15) is 0 Å². The number of hydrogen-bond donors (Lipinski definition) is 0. The zero-order chi connectivity index (χ0) is 18.2. The molecule has 3 rings (SSSR count). The molecule has 2 saturated carbocycles. The lowest BCUT2D eigenvalue weighted by molar-refractivity contribution is -0.156. The predicted molar refractivity (Wildman–Crippen MR) is 94.3 cm³/mol. The Hall–Kier alpha value is -1.12. The molecule has 3 aliphatic rings. The topological polar surface area (TPSA) is 43.4 Å². The van der Waals surface area contributed by atoms with Crippen molar-refractivity contribution in [3.63, 3.8) is 0 Å². The van der Waals surface area contributed by atoms with Crippen LogP contribution >= 0.6 is 0 Å². The molecule has 0 aliphatic heterocycles. The highest BCUT2D eigenvalue weighted by Gasteiger charge is 2.72. The summed E-state index contributed by atoms with van der Waals surface area (Å²) in [5, 5.41) is 0. The first-order valence-electron chi connectivity index (χ1n) is 9.28. The molecule has 3 nitrogen and oxygen atoms in total. The van der Waals surface area contributed by atoms with Crippen LogP contribution in [0.3, 0.4) is 0 Å². The summed E-state index contributed by atoms with van der Waals surface area (Å²) in [6, 6.07) is 0. The fourth-order valence-corrected chi connectivity index (χ4v) is 6.45. The molecule has 2 fully saturated rings. The Morgan fingerprint density at radius 1 is 1.17 bits per heavy atom. The van der Waals surface area contributed by atoms with Crippen LogP contribution in [0.2, 0.25) is 0 Å². The van der Waals surface area contributed by atoms with Crippen LogP contribution in [0.5, 0.6) is 0 Å². The lowest BCUT2D eigenvalue weighted by Crippen LogP contribution is -2.36. The number of fused-ring (bicyclic) bond motifs is 5. The van der Waals surface area contributed by atoms with Crippen molar-refractivity contribution in [3.8, 4) is 0 Å². The van der Waals surface area contributed by atoms with Gasteiger partial charge in [0.15, 0.2) is 0 Å². The number of ketones is 1. The summed E-state index contributed by atoms with van der Waals surface area (Å²) in [5.74, 6) is 1.12. The van der Waals surface area contributed by atoms with Gasteiger partial charge in [0, 0.05) is 24.2 Å². The Kier molecular flexibility index (Phi) is 3.65. The molecule has 0 aromatic heterocycles. The van der Waals surface area contributed by atoms with Gasteiger partial charge in [-0.25, -0.2) is 0 Å². The highest BCUT2D eigenvalue weighted by molar-refractivity contribution is 5.88. The van der Waals surface area contributed by atoms with E-state index in [1.165, 1.54) is 11.1 Å². The van der Waals surface area contributed by atoms with Crippen molar-refractivity contribution in [2.24, 2.45) is 34.5 Å². The van der Waals surface area contributed by atoms with E-state index in [-0.39, 0.29) is 34.6 Å². The molecule has 0 spiro atoms. The normalized spacial score (nSPS) is 44.2. The van der Waals surface area contributed by atoms with Crippen molar-refractivity contribution in [2.45, 2.75) is 73.8 Å². The Bertz CT molecular complexity index is 638. The van der Waals surface area contributed by atoms with E-state index in [1.807, 2.05) is 20.8 Å². The fraction of sp³-hybridized carbons (Fsp3) is 0.810. The van der Waals surface area contributed by atoms with Gasteiger partial charge in [0.25, 0.3) is 0 Å². The summed E-state index contributed by atoms with van der Waals surface area (Å²) in [4.78, 5) is 25.3. The van der Waals surface area contributed by atoms with Crippen LogP contribution in [-0.2, 0) is 14.3 Å². The molecular formula is C21H32O3. The third kappa shape index (κ3) is 2.02. The number of rotatable bonds is 2. The molecule has 0 saturated heterocycles. The molecule has 0 radical (unpaired) electrons. The van der Waals surface area contributed by atoms with E-state index in [9.17, 15) is 9.59 Å². The molecule has 2 bridgehead atoms. The largest absolute Gasteiger partial charge is 0.460 e. The predicted octanol–water partition coefficient (Wildman–Crippen LogP) is 4.55. The summed E-state index contributed by atoms with van der Waals surface area (Å²) in [6.45, 7) is 17.0. The second kappa shape index (κ2) is 4.95. The first kappa shape index (κ1) is 17.7. The molecule has 0 aromatic rings. The van der Waals surface area contributed by atoms with Crippen molar-refractivity contribution >= 4 is 11.8 Å². The minimum atomic E-state index is -0.469. The SMILES string of the molecule is CC1=C(C)[C@]2(C)[C@H]3[C@H](CC(=O)OC(C)(C)C)CC(=O)[C@H]3[C@]1(C)[C@H]2C. The average molecular weight is 332 g/mol. The molecule has 0 amide bonds. The molecule has 6 atom stereocenters. The Balaban J connectivity index is 1.93. The Morgan fingerprint density at radius 3 is 2.25 bits per heavy atom. The number of ether oxygens (including phenoxy) is 1. The fourth-order valence-electron chi connectivity index (χ4n) is 6.45. The molecule has 134 valence electrons. The van der Waals surface area contributed by atoms with Crippen molar-refractivity contribution in [3.05, 3.63) is 11.1 Å². The summed E-state index contributed by atoms with van der Waals surface area (Å²) >= 11 is 0. The van der Waals surface area contributed by atoms with Gasteiger partial charge in [-0.1, -0.05) is 31.9 Å². The highest BCUT2D eigenvalue weighted by atomic mass is 16.6. The molecule has 0 heterocycles. The first-order valence-corrected chi connectivity index (χ1v) is 9.28. The zero-order valence-electron chi connectivity index (χ0n) is 16.4. The highest BCUT2D eigenvalue weighted by Crippen LogP contribution is 2.76. The second-order valence-electron chi connectivity index (χ2n) is 9.76. The maximum Gasteiger partial charge on any atom is 0.306 e. The number of carbonyl (C=O) groups excluding carboxylic acids is 2. The van der Waals surface area contributed by atoms with E-state index >= 15 is 0 Å². The third-order valence-electron chi connectivity index (χ3n) is 7.84. The van der Waals surface area contributed by atoms with Gasteiger partial charge in [-0.15, -0.1) is 0 Å². The molecular weight excluding hydrogens is 300 g/mol. The Labute approximate surface area is 146 Å². The van der Waals surface area contributed by atoms with E-state index in [0.717, 1.165) is 0 Å². The maximum atomic E-state index is 12.9. The van der Waals surface area contributed by atoms with Crippen LogP contribution in [0.25, 0.3) is 0 Å². The number of carbonyl (C=O) groups is 2. The Morgan fingerprint density at radius 2 is 1.71 bits per heavy atom. The van der Waals surface area contributed by atoms with Crippen molar-refractivity contribution in [1.82, 2.24) is 0 Å². The van der Waals surface area contributed by atoms with Gasteiger partial charge in [-0.05, 0) is 57.8 Å². The molecule has 3 aliphatic carbocycles. The van der Waals surface area contributed by atoms with Crippen LogP contribution in [0.15, 0.2) is 11.1 Å². The minimum Gasteiger partial charge on any atom is -0.460 e. The molecule has 24 heavy (non-hydrogen) atoms. The van der Waals surface area contributed by atoms with E-state index in [0.29, 0.717) is 24.5 Å². The van der Waals surface area contributed by atoms with Crippen LogP contribution in [0.4, 0.5) is 0 Å². The number of allylic oxidation sites excluding steroid dienone is 2. The average Bonchev–Trinajstić information content (AvgIpc) is 2.89. The van der Waals surface area contributed by atoms with Crippen LogP contribution in [0.1, 0.15) is 68.2 Å². The zero-order valence-corrected chi connectivity index (χ0v) is 16.4. The first-order chi connectivity index (χ1) is 10.8. The molecule has 0 unspecified atom stereocenters. The lowest BCUT2D eigenvalue weighted by Gasteiger charge is -2.39. The van der Waals surface area contributed by atoms with Gasteiger partial charge < -0.3 is 4.74 Å². The van der Waals surface area contributed by atoms with Gasteiger partial charge in [0.1, 0.15) is 11.4 Å². The number of esters is 1. The summed E-state index contributed by atoms with van der Waals surface area (Å²) in [7, 11) is 0. The molecule has 3 heteroatoms. The van der Waals surface area contributed by atoms with Crippen LogP contribution < -0.4 is 0 Å². The van der Waals surface area contributed by atoms with Gasteiger partial charge >= 0.3 is 5.97 Å². The van der Waals surface area contributed by atoms with Gasteiger partial charge in [0.2, 0.25) is 0 Å². The van der Waals surface area contributed by atoms with Crippen LogP contribution in [-0.4, -0.2) is 17.4 Å². The van der Waals surface area contributed by atoms with Gasteiger partial charge in [0.05, 0.1) is 0 Å². The van der Waals surface area contributed by atoms with Crippen LogP contribution in [0, 0.1) is 34.5 Å². The second-order valence-corrected chi connectivity index (χ2v) is 9.76. The quantitative estimate of drug-likeness (QED) is 0.550. The third-order valence-corrected chi connectivity index (χ3v) is 7.84. The van der Waals surface area contributed by atoms with Crippen molar-refractivity contribution in [2.75, 3.05) is 0 Å². The van der Waals surface area contributed by atoms with Crippen molar-refractivity contribution in [1.29, 1.82) is 0 Å². The smallest absolute Gasteiger partial charge is 0.306 e. The summed E-state index contributed by atoms with van der Waals surface area (Å²) in [5.41, 5.74) is 2.38. The number of hydrogen-bond acceptors (Lipinski definition) is 3. The molecule has 0 aromatic carbocycles. The minimum absolute atomic E-state index is 0.0301.